The second-order valence-electron chi connectivity index (χ2n) is 4.26. The molecule has 0 aromatic heterocycles. The molecule has 2 aromatic rings. The van der Waals surface area contributed by atoms with Crippen LogP contribution in [0.15, 0.2) is 47.6 Å². The third kappa shape index (κ3) is 4.85. The fourth-order valence-electron chi connectivity index (χ4n) is 1.61. The Morgan fingerprint density at radius 3 is 2.57 bits per heavy atom. The van der Waals surface area contributed by atoms with E-state index in [-0.39, 0.29) is 17.4 Å². The second-order valence-corrected chi connectivity index (χ2v) is 5.11. The molecule has 0 saturated heterocycles. The van der Waals surface area contributed by atoms with Crippen LogP contribution in [0.4, 0.5) is 4.39 Å². The maximum Gasteiger partial charge on any atom is 0.244 e. The minimum atomic E-state index is -0.427. The van der Waals surface area contributed by atoms with Crippen LogP contribution in [0.1, 0.15) is 11.1 Å². The van der Waals surface area contributed by atoms with E-state index in [9.17, 15) is 9.18 Å². The topological polar surface area (TPSA) is 41.5 Å². The van der Waals surface area contributed by atoms with Gasteiger partial charge < -0.3 is 0 Å². The zero-order valence-corrected chi connectivity index (χ0v) is 12.3. The van der Waals surface area contributed by atoms with E-state index < -0.39 is 5.82 Å². The molecule has 108 valence electrons. The van der Waals surface area contributed by atoms with Gasteiger partial charge in [-0.1, -0.05) is 35.3 Å². The first-order chi connectivity index (χ1) is 10.0. The lowest BCUT2D eigenvalue weighted by atomic mass is 10.1. The molecular formula is C15H11Cl2FN2O. The average Bonchev–Trinajstić information content (AvgIpc) is 2.44. The van der Waals surface area contributed by atoms with Gasteiger partial charge in [-0.3, -0.25) is 4.79 Å². The Balaban J connectivity index is 1.91. The monoisotopic (exact) mass is 324 g/mol. The minimum Gasteiger partial charge on any atom is -0.273 e. The summed E-state index contributed by atoms with van der Waals surface area (Å²) in [5.74, 6) is -0.698. The Morgan fingerprint density at radius 2 is 1.90 bits per heavy atom. The molecule has 0 unspecified atom stereocenters. The van der Waals surface area contributed by atoms with Crippen molar-refractivity contribution in [1.29, 1.82) is 0 Å². The second kappa shape index (κ2) is 7.20. The largest absolute Gasteiger partial charge is 0.273 e. The van der Waals surface area contributed by atoms with Crippen molar-refractivity contribution in [3.8, 4) is 0 Å². The maximum absolute atomic E-state index is 12.9. The molecule has 0 aliphatic rings. The molecule has 0 spiro atoms. The summed E-state index contributed by atoms with van der Waals surface area (Å²) in [7, 11) is 0. The highest BCUT2D eigenvalue weighted by Gasteiger charge is 2.02. The number of amides is 1. The first-order valence-electron chi connectivity index (χ1n) is 6.06. The lowest BCUT2D eigenvalue weighted by Gasteiger charge is -2.01. The van der Waals surface area contributed by atoms with E-state index in [0.29, 0.717) is 10.6 Å². The molecule has 6 heteroatoms. The zero-order chi connectivity index (χ0) is 15.2. The Hall–Kier alpha value is -1.91. The van der Waals surface area contributed by atoms with Crippen molar-refractivity contribution in [3.63, 3.8) is 0 Å². The molecule has 0 saturated carbocycles. The molecule has 21 heavy (non-hydrogen) atoms. The zero-order valence-electron chi connectivity index (χ0n) is 10.8. The van der Waals surface area contributed by atoms with Gasteiger partial charge in [-0.15, -0.1) is 0 Å². The highest BCUT2D eigenvalue weighted by Crippen LogP contribution is 2.15. The van der Waals surface area contributed by atoms with Crippen LogP contribution in [0, 0.1) is 5.82 Å². The summed E-state index contributed by atoms with van der Waals surface area (Å²) in [6.07, 6.45) is 1.55. The van der Waals surface area contributed by atoms with Gasteiger partial charge in [0, 0.05) is 10.6 Å². The fourth-order valence-corrected chi connectivity index (χ4v) is 1.95. The number of nitrogens with zero attached hydrogens (tertiary/aromatic N) is 1. The highest BCUT2D eigenvalue weighted by atomic mass is 35.5. The maximum atomic E-state index is 12.9. The molecule has 0 aliphatic carbocycles. The van der Waals surface area contributed by atoms with Crippen molar-refractivity contribution in [1.82, 2.24) is 5.43 Å². The van der Waals surface area contributed by atoms with E-state index in [1.54, 1.807) is 24.3 Å². The molecule has 0 heterocycles. The molecule has 0 bridgehead atoms. The van der Waals surface area contributed by atoms with Crippen molar-refractivity contribution < 1.29 is 9.18 Å². The van der Waals surface area contributed by atoms with Gasteiger partial charge in [-0.2, -0.15) is 5.10 Å². The van der Waals surface area contributed by atoms with Gasteiger partial charge in [0.2, 0.25) is 5.91 Å². The molecule has 0 aliphatic heterocycles. The number of halogens is 3. The third-order valence-electron chi connectivity index (χ3n) is 2.63. The van der Waals surface area contributed by atoms with Crippen molar-refractivity contribution in [3.05, 3.63) is 69.5 Å². The van der Waals surface area contributed by atoms with Gasteiger partial charge in [0.1, 0.15) is 5.82 Å². The normalized spacial score (nSPS) is 10.8. The lowest BCUT2D eigenvalue weighted by Crippen LogP contribution is -2.19. The van der Waals surface area contributed by atoms with Crippen LogP contribution in [0.2, 0.25) is 10.0 Å². The van der Waals surface area contributed by atoms with Gasteiger partial charge in [0.25, 0.3) is 0 Å². The number of hydrogen-bond donors (Lipinski definition) is 1. The van der Waals surface area contributed by atoms with E-state index in [1.807, 2.05) is 0 Å². The van der Waals surface area contributed by atoms with Gasteiger partial charge >= 0.3 is 0 Å². The van der Waals surface area contributed by atoms with Crippen LogP contribution in [-0.4, -0.2) is 12.1 Å². The predicted octanol–water partition coefficient (Wildman–Crippen LogP) is 3.83. The van der Waals surface area contributed by atoms with Crippen molar-refractivity contribution in [2.24, 2.45) is 5.10 Å². The quantitative estimate of drug-likeness (QED) is 0.674. The van der Waals surface area contributed by atoms with Crippen molar-refractivity contribution >= 4 is 35.3 Å². The number of hydrazone groups is 1. The molecule has 0 fully saturated rings. The standard InChI is InChI=1S/C15H11Cl2FN2O/c16-12-4-1-10(2-5-12)7-15(21)20-19-9-11-3-6-13(18)8-14(11)17/h1-6,8-9H,7H2,(H,20,21)/b19-9+. The predicted molar refractivity (Wildman–Crippen MR) is 82.3 cm³/mol. The van der Waals surface area contributed by atoms with Crippen LogP contribution >= 0.6 is 23.2 Å². The van der Waals surface area contributed by atoms with Gasteiger partial charge in [-0.25, -0.2) is 9.82 Å². The fraction of sp³-hybridized carbons (Fsp3) is 0.0667. The Morgan fingerprint density at radius 1 is 1.19 bits per heavy atom. The number of nitrogens with one attached hydrogen (secondary N) is 1. The van der Waals surface area contributed by atoms with Crippen molar-refractivity contribution in [2.75, 3.05) is 0 Å². The molecule has 2 rings (SSSR count). The van der Waals surface area contributed by atoms with Gasteiger partial charge in [-0.05, 0) is 35.9 Å². The number of rotatable bonds is 4. The minimum absolute atomic E-state index is 0.186. The van der Waals surface area contributed by atoms with Crippen LogP contribution < -0.4 is 5.43 Å². The van der Waals surface area contributed by atoms with E-state index in [0.717, 1.165) is 5.56 Å². The van der Waals surface area contributed by atoms with Crippen LogP contribution in [0.5, 0.6) is 0 Å². The molecule has 3 nitrogen and oxygen atoms in total. The van der Waals surface area contributed by atoms with Crippen molar-refractivity contribution in [2.45, 2.75) is 6.42 Å². The summed E-state index contributed by atoms with van der Waals surface area (Å²) >= 11 is 11.6. The van der Waals surface area contributed by atoms with E-state index in [4.69, 9.17) is 23.2 Å². The van der Waals surface area contributed by atoms with Crippen LogP contribution in [0.3, 0.4) is 0 Å². The lowest BCUT2D eigenvalue weighted by molar-refractivity contribution is -0.120. The third-order valence-corrected chi connectivity index (χ3v) is 3.21. The molecular weight excluding hydrogens is 314 g/mol. The summed E-state index contributed by atoms with van der Waals surface area (Å²) in [5.41, 5.74) is 3.73. The SMILES string of the molecule is O=C(Cc1ccc(Cl)cc1)N/N=C/c1ccc(F)cc1Cl. The number of carbonyl (C=O) groups excluding carboxylic acids is 1. The van der Waals surface area contributed by atoms with E-state index in [1.165, 1.54) is 24.4 Å². The first-order valence-corrected chi connectivity index (χ1v) is 6.81. The number of carbonyl (C=O) groups is 1. The van der Waals surface area contributed by atoms with Crippen LogP contribution in [-0.2, 0) is 11.2 Å². The summed E-state index contributed by atoms with van der Waals surface area (Å²) in [4.78, 5) is 11.7. The summed E-state index contributed by atoms with van der Waals surface area (Å²) < 4.78 is 12.9. The average molecular weight is 325 g/mol. The molecule has 0 radical (unpaired) electrons. The Labute approximate surface area is 131 Å². The molecule has 1 amide bonds. The Kier molecular flexibility index (Phi) is 5.31. The Bertz CT molecular complexity index is 672. The first kappa shape index (κ1) is 15.5. The molecule has 2 aromatic carbocycles. The summed E-state index contributed by atoms with van der Waals surface area (Å²) in [6, 6.07) is 10.9. The highest BCUT2D eigenvalue weighted by molar-refractivity contribution is 6.33. The van der Waals surface area contributed by atoms with Gasteiger partial charge in [0.15, 0.2) is 0 Å². The number of benzene rings is 2. The summed E-state index contributed by atoms with van der Waals surface area (Å²) in [5, 5.41) is 4.63. The molecule has 0 atom stereocenters. The molecule has 1 N–H and O–H groups in total. The smallest absolute Gasteiger partial charge is 0.244 e. The van der Waals surface area contributed by atoms with Crippen LogP contribution in [0.25, 0.3) is 0 Å². The van der Waals surface area contributed by atoms with E-state index >= 15 is 0 Å². The number of hydrogen-bond acceptors (Lipinski definition) is 2. The summed E-state index contributed by atoms with van der Waals surface area (Å²) in [6.45, 7) is 0. The van der Waals surface area contributed by atoms with Gasteiger partial charge in [0.05, 0.1) is 17.7 Å². The van der Waals surface area contributed by atoms with E-state index in [2.05, 4.69) is 10.5 Å².